The standard InChI is InChI=1S/C16H24N4O2/c21-16(4-7-19-8-10-22-11-9-19)20-6-1-2-14(12-20)15-3-5-17-13-18-15/h3,5,13-14H,1-2,4,6-12H2. The second-order valence-corrected chi connectivity index (χ2v) is 6.02. The molecule has 22 heavy (non-hydrogen) atoms. The highest BCUT2D eigenvalue weighted by molar-refractivity contribution is 5.76. The van der Waals surface area contributed by atoms with E-state index < -0.39 is 0 Å². The minimum atomic E-state index is 0.269. The first-order valence-corrected chi connectivity index (χ1v) is 8.17. The second kappa shape index (κ2) is 7.65. The summed E-state index contributed by atoms with van der Waals surface area (Å²) < 4.78 is 5.34. The van der Waals surface area contributed by atoms with Crippen LogP contribution in [-0.4, -0.2) is 71.6 Å². The smallest absolute Gasteiger partial charge is 0.223 e. The molecule has 6 nitrogen and oxygen atoms in total. The number of ether oxygens (including phenoxy) is 1. The van der Waals surface area contributed by atoms with Gasteiger partial charge < -0.3 is 9.64 Å². The first kappa shape index (κ1) is 15.4. The van der Waals surface area contributed by atoms with Gasteiger partial charge in [0.05, 0.1) is 13.2 Å². The largest absolute Gasteiger partial charge is 0.379 e. The average molecular weight is 304 g/mol. The maximum Gasteiger partial charge on any atom is 0.223 e. The van der Waals surface area contributed by atoms with E-state index in [0.29, 0.717) is 12.3 Å². The number of carbonyl (C=O) groups is 1. The maximum absolute atomic E-state index is 12.5. The molecular formula is C16H24N4O2. The Morgan fingerprint density at radius 3 is 2.95 bits per heavy atom. The van der Waals surface area contributed by atoms with Gasteiger partial charge in [-0.05, 0) is 18.9 Å². The molecule has 0 spiro atoms. The van der Waals surface area contributed by atoms with Gasteiger partial charge in [-0.15, -0.1) is 0 Å². The van der Waals surface area contributed by atoms with Crippen LogP contribution in [0.15, 0.2) is 18.6 Å². The van der Waals surface area contributed by atoms with Crippen LogP contribution in [0.2, 0.25) is 0 Å². The van der Waals surface area contributed by atoms with Crippen molar-refractivity contribution in [2.24, 2.45) is 0 Å². The summed E-state index contributed by atoms with van der Waals surface area (Å²) in [5, 5.41) is 0. The van der Waals surface area contributed by atoms with Crippen molar-refractivity contribution in [3.8, 4) is 0 Å². The number of carbonyl (C=O) groups excluding carboxylic acids is 1. The first-order chi connectivity index (χ1) is 10.8. The zero-order valence-corrected chi connectivity index (χ0v) is 13.0. The summed E-state index contributed by atoms with van der Waals surface area (Å²) in [4.78, 5) is 25.1. The minimum Gasteiger partial charge on any atom is -0.379 e. The van der Waals surface area contributed by atoms with E-state index in [1.807, 2.05) is 11.0 Å². The van der Waals surface area contributed by atoms with E-state index in [4.69, 9.17) is 4.74 Å². The first-order valence-electron chi connectivity index (χ1n) is 8.17. The van der Waals surface area contributed by atoms with Gasteiger partial charge in [0, 0.05) is 57.0 Å². The fraction of sp³-hybridized carbons (Fsp3) is 0.688. The zero-order chi connectivity index (χ0) is 15.2. The van der Waals surface area contributed by atoms with Crippen LogP contribution in [0.5, 0.6) is 0 Å². The molecule has 0 bridgehead atoms. The van der Waals surface area contributed by atoms with Crippen LogP contribution in [0.25, 0.3) is 0 Å². The minimum absolute atomic E-state index is 0.269. The Morgan fingerprint density at radius 2 is 2.18 bits per heavy atom. The summed E-state index contributed by atoms with van der Waals surface area (Å²) in [6.45, 7) is 5.97. The normalized spacial score (nSPS) is 23.5. The van der Waals surface area contributed by atoms with E-state index in [1.54, 1.807) is 12.5 Å². The number of aromatic nitrogens is 2. The molecule has 0 N–H and O–H groups in total. The third-order valence-electron chi connectivity index (χ3n) is 4.54. The van der Waals surface area contributed by atoms with Crippen LogP contribution in [0, 0.1) is 0 Å². The van der Waals surface area contributed by atoms with Gasteiger partial charge in [-0.3, -0.25) is 9.69 Å². The van der Waals surface area contributed by atoms with Crippen LogP contribution in [0.4, 0.5) is 0 Å². The molecule has 0 saturated carbocycles. The molecule has 1 aromatic rings. The van der Waals surface area contributed by atoms with Crippen LogP contribution < -0.4 is 0 Å². The fourth-order valence-corrected chi connectivity index (χ4v) is 3.22. The number of hydrogen-bond donors (Lipinski definition) is 0. The second-order valence-electron chi connectivity index (χ2n) is 6.02. The lowest BCUT2D eigenvalue weighted by atomic mass is 9.94. The number of hydrogen-bond acceptors (Lipinski definition) is 5. The number of likely N-dealkylation sites (tertiary alicyclic amines) is 1. The van der Waals surface area contributed by atoms with Gasteiger partial charge in [-0.1, -0.05) is 0 Å². The Labute approximate surface area is 131 Å². The van der Waals surface area contributed by atoms with Crippen molar-refractivity contribution in [1.82, 2.24) is 19.8 Å². The van der Waals surface area contributed by atoms with Crippen molar-refractivity contribution < 1.29 is 9.53 Å². The van der Waals surface area contributed by atoms with Crippen LogP contribution in [-0.2, 0) is 9.53 Å². The van der Waals surface area contributed by atoms with E-state index in [-0.39, 0.29) is 5.91 Å². The molecule has 1 unspecified atom stereocenters. The van der Waals surface area contributed by atoms with Gasteiger partial charge in [0.15, 0.2) is 0 Å². The Balaban J connectivity index is 1.49. The Bertz CT molecular complexity index is 476. The van der Waals surface area contributed by atoms with Crippen molar-refractivity contribution in [3.63, 3.8) is 0 Å². The Kier molecular flexibility index (Phi) is 5.34. The number of morpholine rings is 1. The van der Waals surface area contributed by atoms with Gasteiger partial charge >= 0.3 is 0 Å². The summed E-state index contributed by atoms with van der Waals surface area (Å²) in [7, 11) is 0. The third kappa shape index (κ3) is 4.01. The van der Waals surface area contributed by atoms with E-state index >= 15 is 0 Å². The van der Waals surface area contributed by atoms with Gasteiger partial charge in [0.2, 0.25) is 5.91 Å². The molecular weight excluding hydrogens is 280 g/mol. The van der Waals surface area contributed by atoms with Crippen molar-refractivity contribution in [3.05, 3.63) is 24.3 Å². The predicted octanol–water partition coefficient (Wildman–Crippen LogP) is 0.905. The zero-order valence-electron chi connectivity index (χ0n) is 13.0. The molecule has 3 rings (SSSR count). The number of amides is 1. The van der Waals surface area contributed by atoms with E-state index in [9.17, 15) is 4.79 Å². The number of rotatable bonds is 4. The highest BCUT2D eigenvalue weighted by Gasteiger charge is 2.25. The van der Waals surface area contributed by atoms with Gasteiger partial charge in [0.1, 0.15) is 6.33 Å². The summed E-state index contributed by atoms with van der Waals surface area (Å²) in [6.07, 6.45) is 6.13. The molecule has 1 amide bonds. The lowest BCUT2D eigenvalue weighted by Crippen LogP contribution is -2.42. The highest BCUT2D eigenvalue weighted by atomic mass is 16.5. The molecule has 2 aliphatic rings. The van der Waals surface area contributed by atoms with Crippen molar-refractivity contribution in [1.29, 1.82) is 0 Å². The lowest BCUT2D eigenvalue weighted by molar-refractivity contribution is -0.133. The van der Waals surface area contributed by atoms with Gasteiger partial charge in [0.25, 0.3) is 0 Å². The topological polar surface area (TPSA) is 58.6 Å². The monoisotopic (exact) mass is 304 g/mol. The third-order valence-corrected chi connectivity index (χ3v) is 4.54. The number of piperidine rings is 1. The van der Waals surface area contributed by atoms with Crippen LogP contribution in [0.1, 0.15) is 30.9 Å². The molecule has 0 aromatic carbocycles. The number of nitrogens with zero attached hydrogens (tertiary/aromatic N) is 4. The van der Waals surface area contributed by atoms with Crippen molar-refractivity contribution in [2.45, 2.75) is 25.2 Å². The molecule has 1 atom stereocenters. The summed E-state index contributed by atoms with van der Waals surface area (Å²) >= 11 is 0. The van der Waals surface area contributed by atoms with Gasteiger partial charge in [-0.25, -0.2) is 9.97 Å². The summed E-state index contributed by atoms with van der Waals surface area (Å²) in [6, 6.07) is 1.96. The summed E-state index contributed by atoms with van der Waals surface area (Å²) in [5.74, 6) is 0.620. The lowest BCUT2D eigenvalue weighted by Gasteiger charge is -2.33. The molecule has 0 aliphatic carbocycles. The van der Waals surface area contributed by atoms with E-state index in [2.05, 4.69) is 14.9 Å². The predicted molar refractivity (Wildman–Crippen MR) is 82.5 cm³/mol. The molecule has 2 fully saturated rings. The summed E-state index contributed by atoms with van der Waals surface area (Å²) in [5.41, 5.74) is 1.06. The van der Waals surface area contributed by atoms with Crippen LogP contribution in [0.3, 0.4) is 0 Å². The molecule has 120 valence electrons. The Hall–Kier alpha value is -1.53. The van der Waals surface area contributed by atoms with Gasteiger partial charge in [-0.2, -0.15) is 0 Å². The molecule has 3 heterocycles. The molecule has 0 radical (unpaired) electrons. The van der Waals surface area contributed by atoms with Crippen LogP contribution >= 0.6 is 0 Å². The van der Waals surface area contributed by atoms with E-state index in [0.717, 1.165) is 64.5 Å². The average Bonchev–Trinajstić information content (AvgIpc) is 2.61. The quantitative estimate of drug-likeness (QED) is 0.827. The molecule has 2 aliphatic heterocycles. The maximum atomic E-state index is 12.5. The molecule has 1 aromatic heterocycles. The molecule has 6 heteroatoms. The van der Waals surface area contributed by atoms with Crippen molar-refractivity contribution >= 4 is 5.91 Å². The van der Waals surface area contributed by atoms with E-state index in [1.165, 1.54) is 0 Å². The highest BCUT2D eigenvalue weighted by Crippen LogP contribution is 2.25. The SMILES string of the molecule is O=C(CCN1CCOCC1)N1CCCC(c2ccncn2)C1. The Morgan fingerprint density at radius 1 is 1.32 bits per heavy atom. The van der Waals surface area contributed by atoms with Crippen molar-refractivity contribution in [2.75, 3.05) is 45.9 Å². The molecule has 2 saturated heterocycles. The fourth-order valence-electron chi connectivity index (χ4n) is 3.22.